The van der Waals surface area contributed by atoms with E-state index < -0.39 is 0 Å². The summed E-state index contributed by atoms with van der Waals surface area (Å²) in [6, 6.07) is 1.94. The molecule has 114 valence electrons. The standard InChI is InChI=1S/C14H28N6/c1-4-15-14(17-10-13-19(3)5-2)16-8-6-11-20-12-7-9-18-20/h7,9,12H,4-6,8,10-11,13H2,1-3H3,(H2,15,16,17). The first-order valence-corrected chi connectivity index (χ1v) is 7.44. The van der Waals surface area contributed by atoms with Gasteiger partial charge in [-0.25, -0.2) is 0 Å². The first-order valence-electron chi connectivity index (χ1n) is 7.44. The Morgan fingerprint density at radius 3 is 2.85 bits per heavy atom. The van der Waals surface area contributed by atoms with Gasteiger partial charge in [-0.2, -0.15) is 5.10 Å². The van der Waals surface area contributed by atoms with Gasteiger partial charge in [-0.05, 0) is 33.0 Å². The van der Waals surface area contributed by atoms with E-state index in [0.29, 0.717) is 0 Å². The number of nitrogens with one attached hydrogen (secondary N) is 2. The Kier molecular flexibility index (Phi) is 8.46. The maximum atomic E-state index is 4.57. The van der Waals surface area contributed by atoms with E-state index in [1.165, 1.54) is 0 Å². The van der Waals surface area contributed by atoms with Gasteiger partial charge in [0.2, 0.25) is 0 Å². The molecule has 0 radical (unpaired) electrons. The molecule has 0 aliphatic rings. The quantitative estimate of drug-likeness (QED) is 0.399. The summed E-state index contributed by atoms with van der Waals surface area (Å²) < 4.78 is 1.94. The van der Waals surface area contributed by atoms with Gasteiger partial charge in [-0.15, -0.1) is 0 Å². The second-order valence-corrected chi connectivity index (χ2v) is 4.71. The molecule has 0 unspecified atom stereocenters. The smallest absolute Gasteiger partial charge is 0.191 e. The maximum absolute atomic E-state index is 4.57. The molecule has 0 bridgehead atoms. The lowest BCUT2D eigenvalue weighted by molar-refractivity contribution is 0.357. The summed E-state index contributed by atoms with van der Waals surface area (Å²) >= 11 is 0. The van der Waals surface area contributed by atoms with Crippen LogP contribution in [0.1, 0.15) is 20.3 Å². The maximum Gasteiger partial charge on any atom is 0.191 e. The van der Waals surface area contributed by atoms with Crippen LogP contribution in [0, 0.1) is 0 Å². The van der Waals surface area contributed by atoms with Crippen molar-refractivity contribution >= 4 is 5.96 Å². The van der Waals surface area contributed by atoms with Crippen LogP contribution in [-0.2, 0) is 6.54 Å². The molecule has 20 heavy (non-hydrogen) atoms. The highest BCUT2D eigenvalue weighted by Crippen LogP contribution is 1.90. The van der Waals surface area contributed by atoms with Gasteiger partial charge in [0.05, 0.1) is 0 Å². The van der Waals surface area contributed by atoms with E-state index in [2.05, 4.69) is 46.5 Å². The third-order valence-corrected chi connectivity index (χ3v) is 3.04. The molecule has 0 spiro atoms. The van der Waals surface area contributed by atoms with E-state index in [1.54, 1.807) is 6.20 Å². The number of likely N-dealkylation sites (N-methyl/N-ethyl adjacent to an activating group) is 1. The number of aryl methyl sites for hydroxylation is 1. The van der Waals surface area contributed by atoms with Gasteiger partial charge in [0, 0.05) is 45.1 Å². The monoisotopic (exact) mass is 280 g/mol. The van der Waals surface area contributed by atoms with Crippen molar-refractivity contribution in [2.24, 2.45) is 4.99 Å². The van der Waals surface area contributed by atoms with Crippen LogP contribution in [0.25, 0.3) is 0 Å². The Morgan fingerprint density at radius 2 is 2.20 bits per heavy atom. The summed E-state index contributed by atoms with van der Waals surface area (Å²) in [5.74, 6) is 0.900. The number of aliphatic imine (C=N–C) groups is 1. The van der Waals surface area contributed by atoms with Gasteiger partial charge in [-0.1, -0.05) is 6.92 Å². The lowest BCUT2D eigenvalue weighted by Crippen LogP contribution is -2.41. The van der Waals surface area contributed by atoms with E-state index >= 15 is 0 Å². The van der Waals surface area contributed by atoms with Crippen LogP contribution < -0.4 is 10.6 Å². The third-order valence-electron chi connectivity index (χ3n) is 3.04. The molecule has 2 N–H and O–H groups in total. The highest BCUT2D eigenvalue weighted by atomic mass is 15.3. The number of guanidine groups is 1. The lowest BCUT2D eigenvalue weighted by Gasteiger charge is -2.16. The van der Waals surface area contributed by atoms with Crippen LogP contribution in [0.4, 0.5) is 0 Å². The summed E-state index contributed by atoms with van der Waals surface area (Å²) in [4.78, 5) is 6.84. The van der Waals surface area contributed by atoms with Crippen molar-refractivity contribution < 1.29 is 0 Å². The molecule has 1 aromatic rings. The van der Waals surface area contributed by atoms with Crippen molar-refractivity contribution in [3.8, 4) is 0 Å². The molecule has 0 fully saturated rings. The molecular weight excluding hydrogens is 252 g/mol. The van der Waals surface area contributed by atoms with Crippen LogP contribution >= 0.6 is 0 Å². The van der Waals surface area contributed by atoms with Crippen LogP contribution in [0.15, 0.2) is 23.5 Å². The molecule has 0 saturated heterocycles. The van der Waals surface area contributed by atoms with Crippen molar-refractivity contribution in [2.75, 3.05) is 39.8 Å². The van der Waals surface area contributed by atoms with E-state index in [-0.39, 0.29) is 0 Å². The fraction of sp³-hybridized carbons (Fsp3) is 0.714. The van der Waals surface area contributed by atoms with Crippen molar-refractivity contribution in [1.29, 1.82) is 0 Å². The average molecular weight is 280 g/mol. The number of aromatic nitrogens is 2. The van der Waals surface area contributed by atoms with Gasteiger partial charge < -0.3 is 15.5 Å². The third kappa shape index (κ3) is 7.13. The second-order valence-electron chi connectivity index (χ2n) is 4.71. The van der Waals surface area contributed by atoms with Gasteiger partial charge in [0.1, 0.15) is 0 Å². The van der Waals surface area contributed by atoms with Crippen LogP contribution in [0.3, 0.4) is 0 Å². The van der Waals surface area contributed by atoms with Crippen molar-refractivity contribution in [3.63, 3.8) is 0 Å². The molecule has 0 aliphatic heterocycles. The Bertz CT molecular complexity index is 360. The number of hydrogen-bond acceptors (Lipinski definition) is 3. The van der Waals surface area contributed by atoms with Crippen LogP contribution in [0.5, 0.6) is 0 Å². The van der Waals surface area contributed by atoms with E-state index in [9.17, 15) is 0 Å². The Morgan fingerprint density at radius 1 is 1.35 bits per heavy atom. The SMILES string of the molecule is CCNC(=NCCCn1cccn1)NCCN(C)CC. The first kappa shape index (κ1) is 16.5. The van der Waals surface area contributed by atoms with Crippen LogP contribution in [0.2, 0.25) is 0 Å². The zero-order valence-electron chi connectivity index (χ0n) is 13.0. The Balaban J connectivity index is 2.23. The molecule has 0 aromatic carbocycles. The minimum absolute atomic E-state index is 0.804. The van der Waals surface area contributed by atoms with E-state index in [0.717, 1.165) is 51.6 Å². The van der Waals surface area contributed by atoms with Gasteiger partial charge in [-0.3, -0.25) is 9.67 Å². The zero-order chi connectivity index (χ0) is 14.6. The average Bonchev–Trinajstić information content (AvgIpc) is 2.96. The lowest BCUT2D eigenvalue weighted by atomic mass is 10.4. The highest BCUT2D eigenvalue weighted by Gasteiger charge is 1.98. The predicted octanol–water partition coefficient (Wildman–Crippen LogP) is 0.780. The minimum atomic E-state index is 0.804. The second kappa shape index (κ2) is 10.3. The van der Waals surface area contributed by atoms with E-state index in [4.69, 9.17) is 0 Å². The molecule has 0 atom stereocenters. The normalized spacial score (nSPS) is 11.9. The van der Waals surface area contributed by atoms with Crippen molar-refractivity contribution in [1.82, 2.24) is 25.3 Å². The summed E-state index contributed by atoms with van der Waals surface area (Å²) in [7, 11) is 2.12. The fourth-order valence-corrected chi connectivity index (χ4v) is 1.72. The van der Waals surface area contributed by atoms with Crippen molar-refractivity contribution in [3.05, 3.63) is 18.5 Å². The fourth-order valence-electron chi connectivity index (χ4n) is 1.72. The molecule has 1 aromatic heterocycles. The number of rotatable bonds is 9. The number of hydrogen-bond donors (Lipinski definition) is 2. The summed E-state index contributed by atoms with van der Waals surface area (Å²) in [6.07, 6.45) is 4.78. The highest BCUT2D eigenvalue weighted by molar-refractivity contribution is 5.79. The summed E-state index contributed by atoms with van der Waals surface area (Å²) in [5, 5.41) is 10.8. The van der Waals surface area contributed by atoms with E-state index in [1.807, 2.05) is 16.9 Å². The molecule has 6 heteroatoms. The largest absolute Gasteiger partial charge is 0.357 e. The van der Waals surface area contributed by atoms with Crippen LogP contribution in [-0.4, -0.2) is 60.4 Å². The predicted molar refractivity (Wildman–Crippen MR) is 84.0 cm³/mol. The zero-order valence-corrected chi connectivity index (χ0v) is 13.0. The summed E-state index contributed by atoms with van der Waals surface area (Å²) in [6.45, 7) is 9.85. The Hall–Kier alpha value is -1.56. The number of nitrogens with zero attached hydrogens (tertiary/aromatic N) is 4. The molecular formula is C14H28N6. The topological polar surface area (TPSA) is 57.5 Å². The molecule has 1 heterocycles. The molecule has 0 amide bonds. The molecule has 0 saturated carbocycles. The molecule has 0 aliphatic carbocycles. The van der Waals surface area contributed by atoms with Crippen molar-refractivity contribution in [2.45, 2.75) is 26.8 Å². The molecule has 6 nitrogen and oxygen atoms in total. The van der Waals surface area contributed by atoms with Gasteiger partial charge in [0.15, 0.2) is 5.96 Å². The summed E-state index contributed by atoms with van der Waals surface area (Å²) in [5.41, 5.74) is 0. The minimum Gasteiger partial charge on any atom is -0.357 e. The van der Waals surface area contributed by atoms with Gasteiger partial charge in [0.25, 0.3) is 0 Å². The molecule has 1 rings (SSSR count). The Labute approximate surface area is 122 Å². The van der Waals surface area contributed by atoms with Gasteiger partial charge >= 0.3 is 0 Å². The first-order chi connectivity index (χ1) is 9.76.